The summed E-state index contributed by atoms with van der Waals surface area (Å²) in [5, 5.41) is 2.66. The molecule has 1 heterocycles. The molecule has 0 saturated carbocycles. The van der Waals surface area contributed by atoms with Crippen molar-refractivity contribution in [2.75, 3.05) is 0 Å². The maximum absolute atomic E-state index is 2.51. The SMILES string of the molecule is CC(C)(C)c1ccc2c(c1)c1cc(C(C)(C)C)ccc1n2-c1cccc(-c2ccccc2)c1C(C)(C)C. The molecule has 0 radical (unpaired) electrons. The lowest BCUT2D eigenvalue weighted by molar-refractivity contribution is 0.589. The molecule has 1 heteroatoms. The number of hydrogen-bond acceptors (Lipinski definition) is 0. The molecule has 0 amide bonds. The van der Waals surface area contributed by atoms with Crippen LogP contribution in [0.5, 0.6) is 0 Å². The highest BCUT2D eigenvalue weighted by Gasteiger charge is 2.26. The van der Waals surface area contributed by atoms with E-state index in [4.69, 9.17) is 0 Å². The molecule has 1 aromatic heterocycles. The average molecular weight is 488 g/mol. The Kier molecular flexibility index (Phi) is 5.90. The number of hydrogen-bond donors (Lipinski definition) is 0. The second-order valence-corrected chi connectivity index (χ2v) is 13.6. The molecule has 1 nitrogen and oxygen atoms in total. The molecule has 37 heavy (non-hydrogen) atoms. The van der Waals surface area contributed by atoms with Crippen molar-refractivity contribution < 1.29 is 0 Å². The second kappa shape index (κ2) is 8.62. The topological polar surface area (TPSA) is 4.93 Å². The van der Waals surface area contributed by atoms with Crippen LogP contribution in [0.4, 0.5) is 0 Å². The standard InChI is InChI=1S/C36H41N/c1-34(2,3)25-18-20-30-28(22-25)29-23-26(35(4,5)6)19-21-31(29)37(30)32-17-13-16-27(33(32)36(7,8)9)24-14-11-10-12-15-24/h10-23H,1-9H3. The predicted octanol–water partition coefficient (Wildman–Crippen LogP) is 10.3. The van der Waals surface area contributed by atoms with Gasteiger partial charge in [0.05, 0.1) is 16.7 Å². The Morgan fingerprint density at radius 2 is 1.00 bits per heavy atom. The minimum atomic E-state index is -0.0403. The molecule has 0 atom stereocenters. The lowest BCUT2D eigenvalue weighted by atomic mass is 9.80. The summed E-state index contributed by atoms with van der Waals surface area (Å²) in [7, 11) is 0. The smallest absolute Gasteiger partial charge is 0.0541 e. The van der Waals surface area contributed by atoms with Crippen molar-refractivity contribution in [3.63, 3.8) is 0 Å². The van der Waals surface area contributed by atoms with Crippen molar-refractivity contribution in [3.05, 3.63) is 102 Å². The fraction of sp³-hybridized carbons (Fsp3) is 0.333. The summed E-state index contributed by atoms with van der Waals surface area (Å²) in [5.74, 6) is 0. The Bertz CT molecular complexity index is 1520. The van der Waals surface area contributed by atoms with Crippen molar-refractivity contribution in [1.29, 1.82) is 0 Å². The molecule has 5 rings (SSSR count). The molecule has 190 valence electrons. The van der Waals surface area contributed by atoms with E-state index in [-0.39, 0.29) is 16.2 Å². The number of benzene rings is 4. The third-order valence-electron chi connectivity index (χ3n) is 7.62. The Labute approximate surface area is 223 Å². The van der Waals surface area contributed by atoms with Gasteiger partial charge in [0.1, 0.15) is 0 Å². The molecule has 0 aliphatic carbocycles. The molecular weight excluding hydrogens is 446 g/mol. The van der Waals surface area contributed by atoms with Crippen LogP contribution in [-0.2, 0) is 16.2 Å². The molecule has 5 aromatic rings. The third-order valence-corrected chi connectivity index (χ3v) is 7.62. The van der Waals surface area contributed by atoms with Gasteiger partial charge in [-0.2, -0.15) is 0 Å². The van der Waals surface area contributed by atoms with E-state index >= 15 is 0 Å². The zero-order chi connectivity index (χ0) is 26.8. The van der Waals surface area contributed by atoms with Crippen LogP contribution < -0.4 is 0 Å². The van der Waals surface area contributed by atoms with Crippen molar-refractivity contribution >= 4 is 21.8 Å². The van der Waals surface area contributed by atoms with Gasteiger partial charge in [-0.15, -0.1) is 0 Å². The first-order chi connectivity index (χ1) is 17.3. The predicted molar refractivity (Wildman–Crippen MR) is 162 cm³/mol. The minimum absolute atomic E-state index is 0.0403. The molecule has 0 N–H and O–H groups in total. The highest BCUT2D eigenvalue weighted by atomic mass is 15.0. The fourth-order valence-corrected chi connectivity index (χ4v) is 5.59. The largest absolute Gasteiger partial charge is 0.309 e. The van der Waals surface area contributed by atoms with Crippen LogP contribution in [0.15, 0.2) is 84.9 Å². The summed E-state index contributed by atoms with van der Waals surface area (Å²) in [6.45, 7) is 20.8. The quantitative estimate of drug-likeness (QED) is 0.233. The van der Waals surface area contributed by atoms with Gasteiger partial charge in [0.15, 0.2) is 0 Å². The summed E-state index contributed by atoms with van der Waals surface area (Å²) in [6, 6.07) is 31.8. The van der Waals surface area contributed by atoms with E-state index in [1.54, 1.807) is 0 Å². The summed E-state index contributed by atoms with van der Waals surface area (Å²) in [4.78, 5) is 0. The van der Waals surface area contributed by atoms with Crippen LogP contribution in [0.2, 0.25) is 0 Å². The molecule has 0 fully saturated rings. The van der Waals surface area contributed by atoms with Gasteiger partial charge in [-0.25, -0.2) is 0 Å². The number of rotatable bonds is 2. The van der Waals surface area contributed by atoms with E-state index in [1.165, 1.54) is 55.3 Å². The average Bonchev–Trinajstić information content (AvgIpc) is 3.15. The maximum Gasteiger partial charge on any atom is 0.0541 e. The zero-order valence-electron chi connectivity index (χ0n) is 24.0. The van der Waals surface area contributed by atoms with Crippen molar-refractivity contribution in [1.82, 2.24) is 4.57 Å². The van der Waals surface area contributed by atoms with Crippen molar-refractivity contribution in [2.45, 2.75) is 78.6 Å². The van der Waals surface area contributed by atoms with E-state index in [1.807, 2.05) is 0 Å². The van der Waals surface area contributed by atoms with E-state index in [2.05, 4.69) is 152 Å². The molecule has 0 saturated heterocycles. The highest BCUT2D eigenvalue weighted by molar-refractivity contribution is 6.10. The van der Waals surface area contributed by atoms with Gasteiger partial charge in [-0.3, -0.25) is 0 Å². The van der Waals surface area contributed by atoms with Gasteiger partial charge in [-0.05, 0) is 74.4 Å². The van der Waals surface area contributed by atoms with E-state index in [9.17, 15) is 0 Å². The van der Waals surface area contributed by atoms with Crippen molar-refractivity contribution in [2.24, 2.45) is 0 Å². The fourth-order valence-electron chi connectivity index (χ4n) is 5.59. The Morgan fingerprint density at radius 3 is 1.46 bits per heavy atom. The van der Waals surface area contributed by atoms with Gasteiger partial charge < -0.3 is 4.57 Å². The first-order valence-corrected chi connectivity index (χ1v) is 13.6. The molecule has 0 bridgehead atoms. The molecule has 0 aliphatic rings. The monoisotopic (exact) mass is 487 g/mol. The Hall–Kier alpha value is -3.32. The van der Waals surface area contributed by atoms with Gasteiger partial charge in [0, 0.05) is 10.8 Å². The van der Waals surface area contributed by atoms with Crippen LogP contribution in [0, 0.1) is 0 Å². The van der Waals surface area contributed by atoms with Crippen LogP contribution in [0.3, 0.4) is 0 Å². The van der Waals surface area contributed by atoms with Gasteiger partial charge in [-0.1, -0.05) is 117 Å². The summed E-state index contributed by atoms with van der Waals surface area (Å²) in [5.41, 5.74) is 10.6. The molecule has 0 unspecified atom stereocenters. The first kappa shape index (κ1) is 25.3. The molecule has 4 aromatic carbocycles. The number of fused-ring (bicyclic) bond motifs is 3. The highest BCUT2D eigenvalue weighted by Crippen LogP contribution is 2.42. The molecular formula is C36H41N. The lowest BCUT2D eigenvalue weighted by Crippen LogP contribution is -2.17. The van der Waals surface area contributed by atoms with E-state index < -0.39 is 0 Å². The Morgan fingerprint density at radius 1 is 0.486 bits per heavy atom. The summed E-state index contributed by atoms with van der Waals surface area (Å²) >= 11 is 0. The van der Waals surface area contributed by atoms with Crippen molar-refractivity contribution in [3.8, 4) is 16.8 Å². The van der Waals surface area contributed by atoms with Gasteiger partial charge >= 0.3 is 0 Å². The Balaban J connectivity index is 1.93. The van der Waals surface area contributed by atoms with Crippen LogP contribution >= 0.6 is 0 Å². The van der Waals surface area contributed by atoms with Crippen LogP contribution in [0.25, 0.3) is 38.6 Å². The number of aromatic nitrogens is 1. The first-order valence-electron chi connectivity index (χ1n) is 13.6. The summed E-state index contributed by atoms with van der Waals surface area (Å²) < 4.78 is 2.51. The third kappa shape index (κ3) is 4.50. The summed E-state index contributed by atoms with van der Waals surface area (Å²) in [6.07, 6.45) is 0. The van der Waals surface area contributed by atoms with Gasteiger partial charge in [0.2, 0.25) is 0 Å². The lowest BCUT2D eigenvalue weighted by Gasteiger charge is -2.28. The zero-order valence-corrected chi connectivity index (χ0v) is 24.0. The maximum atomic E-state index is 2.51. The van der Waals surface area contributed by atoms with E-state index in [0.717, 1.165) is 0 Å². The second-order valence-electron chi connectivity index (χ2n) is 13.6. The van der Waals surface area contributed by atoms with Gasteiger partial charge in [0.25, 0.3) is 0 Å². The number of nitrogens with zero attached hydrogens (tertiary/aromatic N) is 1. The minimum Gasteiger partial charge on any atom is -0.309 e. The molecule has 0 aliphatic heterocycles. The van der Waals surface area contributed by atoms with Crippen LogP contribution in [0.1, 0.15) is 79.0 Å². The molecule has 0 spiro atoms. The van der Waals surface area contributed by atoms with Crippen LogP contribution in [-0.4, -0.2) is 4.57 Å². The normalized spacial score (nSPS) is 13.0. The van der Waals surface area contributed by atoms with E-state index in [0.29, 0.717) is 0 Å².